The predicted molar refractivity (Wildman–Crippen MR) is 82.3 cm³/mol. The summed E-state index contributed by atoms with van der Waals surface area (Å²) in [6.45, 7) is 0.0640. The fraction of sp³-hybridized carbons (Fsp3) is 0.176. The van der Waals surface area contributed by atoms with Crippen molar-refractivity contribution in [3.8, 4) is 5.75 Å². The van der Waals surface area contributed by atoms with Gasteiger partial charge in [-0.2, -0.15) is 0 Å². The average molecular weight is 294 g/mol. The van der Waals surface area contributed by atoms with Gasteiger partial charge in [-0.25, -0.2) is 0 Å². The normalized spacial score (nSPS) is 19.0. The first-order valence-electron chi connectivity index (χ1n) is 7.07. The SMILES string of the molecule is COc1cc2c3c(c1)C(c1ccccc1)C(=O)N3CC(=O)N2. The summed E-state index contributed by atoms with van der Waals surface area (Å²) in [7, 11) is 1.57. The fourth-order valence-electron chi connectivity index (χ4n) is 3.22. The summed E-state index contributed by atoms with van der Waals surface area (Å²) in [5.41, 5.74) is 3.23. The Morgan fingerprint density at radius 3 is 2.68 bits per heavy atom. The van der Waals surface area contributed by atoms with Crippen LogP contribution in [0.5, 0.6) is 5.75 Å². The number of carbonyl (C=O) groups excluding carboxylic acids is 2. The van der Waals surface area contributed by atoms with Gasteiger partial charge in [-0.1, -0.05) is 30.3 Å². The highest BCUT2D eigenvalue weighted by Gasteiger charge is 2.43. The number of hydrogen-bond donors (Lipinski definition) is 1. The Morgan fingerprint density at radius 1 is 1.18 bits per heavy atom. The first-order chi connectivity index (χ1) is 10.7. The monoisotopic (exact) mass is 294 g/mol. The van der Waals surface area contributed by atoms with E-state index in [0.29, 0.717) is 11.4 Å². The molecule has 4 rings (SSSR count). The van der Waals surface area contributed by atoms with Crippen LogP contribution >= 0.6 is 0 Å². The van der Waals surface area contributed by atoms with Crippen LogP contribution in [0.25, 0.3) is 0 Å². The highest BCUT2D eigenvalue weighted by molar-refractivity contribution is 6.17. The van der Waals surface area contributed by atoms with Gasteiger partial charge in [0.2, 0.25) is 11.8 Å². The molecule has 2 aromatic carbocycles. The van der Waals surface area contributed by atoms with E-state index in [9.17, 15) is 9.59 Å². The third-order valence-corrected chi connectivity index (χ3v) is 4.15. The first kappa shape index (κ1) is 12.9. The minimum Gasteiger partial charge on any atom is -0.497 e. The van der Waals surface area contributed by atoms with E-state index in [1.165, 1.54) is 0 Å². The number of nitrogens with zero attached hydrogens (tertiary/aromatic N) is 1. The molecule has 1 atom stereocenters. The Morgan fingerprint density at radius 2 is 1.95 bits per heavy atom. The number of rotatable bonds is 2. The largest absolute Gasteiger partial charge is 0.497 e. The van der Waals surface area contributed by atoms with Gasteiger partial charge in [0.25, 0.3) is 0 Å². The number of hydrogen-bond acceptors (Lipinski definition) is 3. The zero-order valence-electron chi connectivity index (χ0n) is 12.0. The Hall–Kier alpha value is -2.82. The summed E-state index contributed by atoms with van der Waals surface area (Å²) < 4.78 is 5.31. The van der Waals surface area contributed by atoms with Crippen molar-refractivity contribution in [2.75, 3.05) is 23.9 Å². The Balaban J connectivity index is 1.95. The number of methoxy groups -OCH3 is 1. The van der Waals surface area contributed by atoms with Gasteiger partial charge < -0.3 is 10.1 Å². The maximum absolute atomic E-state index is 12.8. The molecule has 110 valence electrons. The molecule has 0 aromatic heterocycles. The maximum Gasteiger partial charge on any atom is 0.244 e. The first-order valence-corrected chi connectivity index (χ1v) is 7.07. The van der Waals surface area contributed by atoms with Crippen LogP contribution in [0.4, 0.5) is 11.4 Å². The van der Waals surface area contributed by atoms with Crippen LogP contribution in [0.1, 0.15) is 17.0 Å². The molecule has 2 amide bonds. The lowest BCUT2D eigenvalue weighted by Crippen LogP contribution is -2.40. The van der Waals surface area contributed by atoms with Crippen molar-refractivity contribution < 1.29 is 14.3 Å². The van der Waals surface area contributed by atoms with Crippen LogP contribution < -0.4 is 15.0 Å². The van der Waals surface area contributed by atoms with E-state index in [-0.39, 0.29) is 18.4 Å². The lowest BCUT2D eigenvalue weighted by Gasteiger charge is -2.25. The second-order valence-corrected chi connectivity index (χ2v) is 5.43. The quantitative estimate of drug-likeness (QED) is 0.923. The van der Waals surface area contributed by atoms with E-state index in [1.54, 1.807) is 18.1 Å². The minimum absolute atomic E-state index is 0.0640. The van der Waals surface area contributed by atoms with Crippen molar-refractivity contribution in [1.82, 2.24) is 0 Å². The van der Waals surface area contributed by atoms with Gasteiger partial charge in [0.15, 0.2) is 0 Å². The van der Waals surface area contributed by atoms with E-state index < -0.39 is 5.92 Å². The van der Waals surface area contributed by atoms with E-state index >= 15 is 0 Å². The van der Waals surface area contributed by atoms with E-state index in [4.69, 9.17) is 4.74 Å². The summed E-state index contributed by atoms with van der Waals surface area (Å²) >= 11 is 0. The Kier molecular flexibility index (Phi) is 2.69. The second kappa shape index (κ2) is 4.59. The minimum atomic E-state index is -0.391. The molecule has 0 fully saturated rings. The topological polar surface area (TPSA) is 58.6 Å². The zero-order chi connectivity index (χ0) is 15.3. The standard InChI is InChI=1S/C17H14N2O3/c1-22-11-7-12-15(10-5-3-2-4-6-10)17(21)19-9-14(20)18-13(8-11)16(12)19/h2-8,15H,9H2,1H3,(H,18,20). The van der Waals surface area contributed by atoms with Crippen LogP contribution in [-0.4, -0.2) is 25.5 Å². The third-order valence-electron chi connectivity index (χ3n) is 4.15. The van der Waals surface area contributed by atoms with Gasteiger partial charge in [-0.3, -0.25) is 14.5 Å². The summed E-state index contributed by atoms with van der Waals surface area (Å²) in [4.78, 5) is 26.3. The van der Waals surface area contributed by atoms with Crippen molar-refractivity contribution in [3.05, 3.63) is 53.6 Å². The molecule has 2 aliphatic rings. The third kappa shape index (κ3) is 1.72. The fourth-order valence-corrected chi connectivity index (χ4v) is 3.22. The van der Waals surface area contributed by atoms with Gasteiger partial charge in [0.1, 0.15) is 12.3 Å². The number of carbonyl (C=O) groups is 2. The lowest BCUT2D eigenvalue weighted by atomic mass is 9.92. The second-order valence-electron chi connectivity index (χ2n) is 5.43. The van der Waals surface area contributed by atoms with Gasteiger partial charge in [0, 0.05) is 6.07 Å². The molecular weight excluding hydrogens is 280 g/mol. The van der Waals surface area contributed by atoms with Crippen molar-refractivity contribution in [1.29, 1.82) is 0 Å². The molecule has 1 N–H and O–H groups in total. The average Bonchev–Trinajstić information content (AvgIpc) is 2.81. The summed E-state index contributed by atoms with van der Waals surface area (Å²) in [5, 5.41) is 2.83. The molecule has 22 heavy (non-hydrogen) atoms. The van der Waals surface area contributed by atoms with Crippen molar-refractivity contribution >= 4 is 23.2 Å². The van der Waals surface area contributed by atoms with Crippen molar-refractivity contribution in [2.45, 2.75) is 5.92 Å². The van der Waals surface area contributed by atoms with E-state index in [0.717, 1.165) is 16.8 Å². The van der Waals surface area contributed by atoms with Gasteiger partial charge >= 0.3 is 0 Å². The van der Waals surface area contributed by atoms with E-state index in [2.05, 4.69) is 5.32 Å². The molecule has 5 nitrogen and oxygen atoms in total. The molecular formula is C17H14N2O3. The number of nitrogens with one attached hydrogen (secondary N) is 1. The van der Waals surface area contributed by atoms with Gasteiger partial charge in [-0.15, -0.1) is 0 Å². The summed E-state index contributed by atoms with van der Waals surface area (Å²) in [6, 6.07) is 13.2. The molecule has 0 saturated carbocycles. The summed E-state index contributed by atoms with van der Waals surface area (Å²) in [5.74, 6) is -0.0106. The van der Waals surface area contributed by atoms with Gasteiger partial charge in [-0.05, 0) is 17.2 Å². The van der Waals surface area contributed by atoms with Crippen LogP contribution in [0.2, 0.25) is 0 Å². The molecule has 0 spiro atoms. The Labute approximate surface area is 127 Å². The van der Waals surface area contributed by atoms with Crippen LogP contribution in [-0.2, 0) is 9.59 Å². The molecule has 2 aliphatic heterocycles. The van der Waals surface area contributed by atoms with E-state index in [1.807, 2.05) is 36.4 Å². The molecule has 5 heteroatoms. The molecule has 2 heterocycles. The molecule has 0 saturated heterocycles. The highest BCUT2D eigenvalue weighted by Crippen LogP contribution is 2.48. The smallest absolute Gasteiger partial charge is 0.244 e. The number of benzene rings is 2. The van der Waals surface area contributed by atoms with Crippen molar-refractivity contribution in [2.24, 2.45) is 0 Å². The number of ether oxygens (including phenoxy) is 1. The molecule has 0 aliphatic carbocycles. The lowest BCUT2D eigenvalue weighted by molar-refractivity contribution is -0.121. The summed E-state index contributed by atoms with van der Waals surface area (Å²) in [6.07, 6.45) is 0. The Bertz CT molecular complexity index is 786. The highest BCUT2D eigenvalue weighted by atomic mass is 16.5. The van der Waals surface area contributed by atoms with Crippen LogP contribution in [0, 0.1) is 0 Å². The predicted octanol–water partition coefficient (Wildman–Crippen LogP) is 2.13. The number of amides is 2. The molecule has 2 aromatic rings. The molecule has 0 bridgehead atoms. The van der Waals surface area contributed by atoms with Gasteiger partial charge in [0.05, 0.1) is 24.4 Å². The molecule has 0 radical (unpaired) electrons. The maximum atomic E-state index is 12.8. The number of anilines is 2. The van der Waals surface area contributed by atoms with Crippen molar-refractivity contribution in [3.63, 3.8) is 0 Å². The van der Waals surface area contributed by atoms with Crippen LogP contribution in [0.15, 0.2) is 42.5 Å². The van der Waals surface area contributed by atoms with Crippen LogP contribution in [0.3, 0.4) is 0 Å². The molecule has 1 unspecified atom stereocenters. The zero-order valence-corrected chi connectivity index (χ0v) is 12.0.